The van der Waals surface area contributed by atoms with Gasteiger partial charge in [0.2, 0.25) is 5.91 Å². The van der Waals surface area contributed by atoms with Crippen molar-refractivity contribution in [1.82, 2.24) is 5.32 Å². The molecular formula is C37H78N2O6P+. The van der Waals surface area contributed by atoms with Crippen LogP contribution in [0.3, 0.4) is 0 Å². The average molecular weight is 678 g/mol. The molecule has 0 aromatic rings. The lowest BCUT2D eigenvalue weighted by molar-refractivity contribution is -0.870. The van der Waals surface area contributed by atoms with E-state index in [9.17, 15) is 19.4 Å². The van der Waals surface area contributed by atoms with Crippen LogP contribution in [0.2, 0.25) is 0 Å². The summed E-state index contributed by atoms with van der Waals surface area (Å²) in [6.45, 7) is 4.86. The Labute approximate surface area is 285 Å². The van der Waals surface area contributed by atoms with Gasteiger partial charge in [0.05, 0.1) is 39.9 Å². The summed E-state index contributed by atoms with van der Waals surface area (Å²) in [6, 6.07) is -0.750. The van der Waals surface area contributed by atoms with E-state index in [1.165, 1.54) is 116 Å². The summed E-state index contributed by atoms with van der Waals surface area (Å²) in [7, 11) is 1.62. The zero-order valence-corrected chi connectivity index (χ0v) is 32.0. The highest BCUT2D eigenvalue weighted by Gasteiger charge is 2.28. The lowest BCUT2D eigenvalue weighted by Gasteiger charge is -2.26. The van der Waals surface area contributed by atoms with Crippen LogP contribution in [0.15, 0.2) is 0 Å². The molecule has 9 heteroatoms. The molecule has 0 heterocycles. The number of hydrogen-bond acceptors (Lipinski definition) is 5. The largest absolute Gasteiger partial charge is 0.472 e. The van der Waals surface area contributed by atoms with Crippen LogP contribution >= 0.6 is 7.82 Å². The normalized spacial score (nSPS) is 14.7. The molecule has 1 unspecified atom stereocenters. The minimum absolute atomic E-state index is 0.0779. The van der Waals surface area contributed by atoms with Crippen LogP contribution in [0.1, 0.15) is 181 Å². The highest BCUT2D eigenvalue weighted by Crippen LogP contribution is 2.43. The Hall–Kier alpha value is -0.500. The number of carbonyl (C=O) groups excluding carboxylic acids is 1. The number of unbranched alkanes of at least 4 members (excludes halogenated alkanes) is 22. The zero-order chi connectivity index (χ0) is 34.4. The van der Waals surface area contributed by atoms with Gasteiger partial charge in [0.15, 0.2) is 0 Å². The molecule has 3 N–H and O–H groups in total. The van der Waals surface area contributed by atoms with Crippen molar-refractivity contribution in [2.45, 2.75) is 193 Å². The number of nitrogens with one attached hydrogen (secondary N) is 1. The van der Waals surface area contributed by atoms with Crippen molar-refractivity contribution in [3.8, 4) is 0 Å². The molecule has 0 bridgehead atoms. The van der Waals surface area contributed by atoms with Crippen molar-refractivity contribution in [3.63, 3.8) is 0 Å². The molecule has 0 aromatic heterocycles. The van der Waals surface area contributed by atoms with Crippen LogP contribution in [-0.2, 0) is 18.4 Å². The van der Waals surface area contributed by atoms with E-state index in [2.05, 4.69) is 19.2 Å². The Balaban J connectivity index is 4.37. The van der Waals surface area contributed by atoms with E-state index in [4.69, 9.17) is 9.05 Å². The fourth-order valence-electron chi connectivity index (χ4n) is 5.69. The predicted octanol–water partition coefficient (Wildman–Crippen LogP) is 9.85. The molecule has 0 fully saturated rings. The third-order valence-electron chi connectivity index (χ3n) is 8.86. The molecular weight excluding hydrogens is 599 g/mol. The highest BCUT2D eigenvalue weighted by molar-refractivity contribution is 7.47. The third kappa shape index (κ3) is 32.1. The Morgan fingerprint density at radius 2 is 1.04 bits per heavy atom. The lowest BCUT2D eigenvalue weighted by atomic mass is 10.0. The number of likely N-dealkylation sites (N-methyl/N-ethyl adjacent to an activating group) is 1. The Bertz CT molecular complexity index is 733. The molecule has 8 nitrogen and oxygen atoms in total. The molecule has 0 saturated heterocycles. The number of nitrogens with zero attached hydrogens (tertiary/aromatic N) is 1. The molecule has 46 heavy (non-hydrogen) atoms. The first-order chi connectivity index (χ1) is 22.0. The summed E-state index contributed by atoms with van der Waals surface area (Å²) in [5, 5.41) is 13.8. The standard InChI is InChI=1S/C37H77N2O6P/c1-6-8-10-12-14-16-17-18-19-20-21-23-25-27-29-31-37(41)38-35(34-45-46(42,43)44-33-32-39(3,4)5)36(40)30-28-26-24-22-15-13-11-9-7-2/h35-36,40H,6-34H2,1-5H3,(H-,38,41,42,43)/p+1/t35-,36+/m0/s1. The maximum atomic E-state index is 12.8. The second kappa shape index (κ2) is 30.6. The Morgan fingerprint density at radius 1 is 0.652 bits per heavy atom. The second-order valence-electron chi connectivity index (χ2n) is 14.7. The maximum Gasteiger partial charge on any atom is 0.472 e. The molecule has 1 amide bonds. The molecule has 276 valence electrons. The molecule has 0 aliphatic carbocycles. The Morgan fingerprint density at radius 3 is 1.46 bits per heavy atom. The maximum absolute atomic E-state index is 12.8. The number of aliphatic hydroxyl groups excluding tert-OH is 1. The summed E-state index contributed by atoms with van der Waals surface area (Å²) in [5.41, 5.74) is 0. The SMILES string of the molecule is CCCCCCCCCCCCCCCCCC(=O)N[C@@H](COP(=O)(O)OCC[N+](C)(C)C)[C@H](O)CCCCCCCCCCC. The van der Waals surface area contributed by atoms with Gasteiger partial charge < -0.3 is 19.8 Å². The van der Waals surface area contributed by atoms with Crippen molar-refractivity contribution in [2.75, 3.05) is 40.9 Å². The summed E-state index contributed by atoms with van der Waals surface area (Å²) in [6.07, 6.45) is 29.8. The predicted molar refractivity (Wildman–Crippen MR) is 194 cm³/mol. The van der Waals surface area contributed by atoms with Crippen molar-refractivity contribution < 1.29 is 32.9 Å². The van der Waals surface area contributed by atoms with Crippen LogP contribution in [-0.4, -0.2) is 73.4 Å². The van der Waals surface area contributed by atoms with E-state index in [1.54, 1.807) is 0 Å². The number of hydrogen-bond donors (Lipinski definition) is 3. The van der Waals surface area contributed by atoms with Gasteiger partial charge in [0, 0.05) is 6.42 Å². The van der Waals surface area contributed by atoms with E-state index < -0.39 is 20.0 Å². The molecule has 0 spiro atoms. The van der Waals surface area contributed by atoms with Gasteiger partial charge in [-0.1, -0.05) is 162 Å². The van der Waals surface area contributed by atoms with Crippen molar-refractivity contribution in [2.24, 2.45) is 0 Å². The minimum Gasteiger partial charge on any atom is -0.391 e. The topological polar surface area (TPSA) is 105 Å². The van der Waals surface area contributed by atoms with Gasteiger partial charge in [-0.2, -0.15) is 0 Å². The van der Waals surface area contributed by atoms with Gasteiger partial charge in [0.1, 0.15) is 13.2 Å². The second-order valence-corrected chi connectivity index (χ2v) is 16.1. The van der Waals surface area contributed by atoms with Crippen molar-refractivity contribution in [3.05, 3.63) is 0 Å². The number of carbonyl (C=O) groups is 1. The van der Waals surface area contributed by atoms with Crippen LogP contribution in [0.5, 0.6) is 0 Å². The van der Waals surface area contributed by atoms with Crippen LogP contribution < -0.4 is 5.32 Å². The molecule has 3 atom stereocenters. The number of aliphatic hydroxyl groups is 1. The zero-order valence-electron chi connectivity index (χ0n) is 31.1. The van der Waals surface area contributed by atoms with Crippen molar-refractivity contribution in [1.29, 1.82) is 0 Å². The fourth-order valence-corrected chi connectivity index (χ4v) is 6.43. The van der Waals surface area contributed by atoms with Gasteiger partial charge >= 0.3 is 7.82 Å². The van der Waals surface area contributed by atoms with Gasteiger partial charge in [-0.05, 0) is 12.8 Å². The highest BCUT2D eigenvalue weighted by atomic mass is 31.2. The average Bonchev–Trinajstić information content (AvgIpc) is 2.99. The number of phosphoric acid groups is 1. The molecule has 0 rings (SSSR count). The number of rotatable bonds is 35. The van der Waals surface area contributed by atoms with Crippen molar-refractivity contribution >= 4 is 13.7 Å². The van der Waals surface area contributed by atoms with Gasteiger partial charge in [-0.15, -0.1) is 0 Å². The van der Waals surface area contributed by atoms with Gasteiger partial charge in [-0.3, -0.25) is 13.8 Å². The molecule has 0 aromatic carbocycles. The van der Waals surface area contributed by atoms with Gasteiger partial charge in [0.25, 0.3) is 0 Å². The van der Waals surface area contributed by atoms with E-state index >= 15 is 0 Å². The number of phosphoric ester groups is 1. The first-order valence-electron chi connectivity index (χ1n) is 19.4. The van der Waals surface area contributed by atoms with Gasteiger partial charge in [-0.25, -0.2) is 4.57 Å². The van der Waals surface area contributed by atoms with E-state index in [0.29, 0.717) is 23.9 Å². The lowest BCUT2D eigenvalue weighted by Crippen LogP contribution is -2.46. The first kappa shape index (κ1) is 45.5. The smallest absolute Gasteiger partial charge is 0.391 e. The third-order valence-corrected chi connectivity index (χ3v) is 9.84. The molecule has 0 saturated carbocycles. The monoisotopic (exact) mass is 678 g/mol. The Kier molecular flexibility index (Phi) is 30.2. The summed E-state index contributed by atoms with van der Waals surface area (Å²) < 4.78 is 23.5. The van der Waals surface area contributed by atoms with E-state index in [1.807, 2.05) is 21.1 Å². The molecule has 0 aliphatic rings. The van der Waals surface area contributed by atoms with E-state index in [-0.39, 0.29) is 19.1 Å². The summed E-state index contributed by atoms with van der Waals surface area (Å²) >= 11 is 0. The molecule has 0 radical (unpaired) electrons. The number of amides is 1. The van der Waals surface area contributed by atoms with Crippen LogP contribution in [0.25, 0.3) is 0 Å². The molecule has 0 aliphatic heterocycles. The number of quaternary nitrogens is 1. The quantitative estimate of drug-likeness (QED) is 0.0350. The summed E-state index contributed by atoms with van der Waals surface area (Å²) in [5.74, 6) is -0.145. The fraction of sp³-hybridized carbons (Fsp3) is 0.973. The summed E-state index contributed by atoms with van der Waals surface area (Å²) in [4.78, 5) is 23.0. The first-order valence-corrected chi connectivity index (χ1v) is 20.9. The van der Waals surface area contributed by atoms with Crippen LogP contribution in [0, 0.1) is 0 Å². The minimum atomic E-state index is -4.29. The van der Waals surface area contributed by atoms with E-state index in [0.717, 1.165) is 38.5 Å². The van der Waals surface area contributed by atoms with Crippen LogP contribution in [0.4, 0.5) is 0 Å².